The lowest BCUT2D eigenvalue weighted by atomic mass is 10.1. The van der Waals surface area contributed by atoms with E-state index in [0.29, 0.717) is 6.10 Å². The average Bonchev–Trinajstić information content (AvgIpc) is 3.08. The Kier molecular flexibility index (Phi) is 7.59. The number of hydrogen-bond donors (Lipinski definition) is 0. The topological polar surface area (TPSA) is 26.6 Å². The molecule has 1 fully saturated rings. The van der Waals surface area contributed by atoms with Crippen LogP contribution in [-0.4, -0.2) is 48.9 Å². The van der Waals surface area contributed by atoms with Crippen molar-refractivity contribution in [1.29, 1.82) is 0 Å². The van der Waals surface area contributed by atoms with Gasteiger partial charge in [-0.15, -0.1) is 0 Å². The standard InChI is InChI=1S/C23H36N2O2/c1-4-17-27-20-11-15-24(16-12-20)13-6-7-14-25-18-19(5-2)21-9-8-10-22(26-3)23(21)25/h8-10,18,20H,4-7,11-17H2,1-3H3. The van der Waals surface area contributed by atoms with Gasteiger partial charge < -0.3 is 18.9 Å². The number of aromatic nitrogens is 1. The number of nitrogens with zero attached hydrogens (tertiary/aromatic N) is 2. The summed E-state index contributed by atoms with van der Waals surface area (Å²) in [7, 11) is 1.77. The molecule has 3 rings (SSSR count). The van der Waals surface area contributed by atoms with Gasteiger partial charge in [0, 0.05) is 37.8 Å². The third-order valence-electron chi connectivity index (χ3n) is 5.76. The Bertz CT molecular complexity index is 702. The number of piperidine rings is 1. The second-order valence-corrected chi connectivity index (χ2v) is 7.68. The highest BCUT2D eigenvalue weighted by molar-refractivity contribution is 5.89. The van der Waals surface area contributed by atoms with Gasteiger partial charge in [0.05, 0.1) is 18.7 Å². The molecule has 1 aromatic heterocycles. The second kappa shape index (κ2) is 10.1. The molecule has 0 atom stereocenters. The Morgan fingerprint density at radius 1 is 1.07 bits per heavy atom. The number of benzene rings is 1. The molecule has 1 saturated heterocycles. The lowest BCUT2D eigenvalue weighted by Crippen LogP contribution is -2.37. The monoisotopic (exact) mass is 372 g/mol. The Labute approximate surface area is 164 Å². The van der Waals surface area contributed by atoms with Crippen molar-refractivity contribution in [2.45, 2.75) is 65.0 Å². The van der Waals surface area contributed by atoms with Gasteiger partial charge in [0.15, 0.2) is 0 Å². The van der Waals surface area contributed by atoms with Crippen LogP contribution >= 0.6 is 0 Å². The molecular weight excluding hydrogens is 336 g/mol. The van der Waals surface area contributed by atoms with Gasteiger partial charge in [-0.3, -0.25) is 0 Å². The van der Waals surface area contributed by atoms with E-state index in [-0.39, 0.29) is 0 Å². The minimum Gasteiger partial charge on any atom is -0.495 e. The summed E-state index contributed by atoms with van der Waals surface area (Å²) >= 11 is 0. The van der Waals surface area contributed by atoms with Crippen LogP contribution in [0.15, 0.2) is 24.4 Å². The molecule has 4 heteroatoms. The quantitative estimate of drug-likeness (QED) is 0.556. The highest BCUT2D eigenvalue weighted by atomic mass is 16.5. The van der Waals surface area contributed by atoms with E-state index in [1.54, 1.807) is 7.11 Å². The SMILES string of the molecule is CCCOC1CCN(CCCCn2cc(CC)c3cccc(OC)c32)CC1. The zero-order valence-electron chi connectivity index (χ0n) is 17.4. The first-order chi connectivity index (χ1) is 13.3. The van der Waals surface area contributed by atoms with Crippen LogP contribution in [0.1, 0.15) is 51.5 Å². The number of methoxy groups -OCH3 is 1. The summed E-state index contributed by atoms with van der Waals surface area (Å²) in [6, 6.07) is 6.39. The highest BCUT2D eigenvalue weighted by Crippen LogP contribution is 2.30. The van der Waals surface area contributed by atoms with Gasteiger partial charge in [-0.1, -0.05) is 26.0 Å². The molecule has 0 saturated carbocycles. The minimum absolute atomic E-state index is 0.493. The molecule has 1 aliphatic heterocycles. The largest absolute Gasteiger partial charge is 0.495 e. The number of para-hydroxylation sites is 1. The summed E-state index contributed by atoms with van der Waals surface area (Å²) in [5, 5.41) is 1.34. The summed E-state index contributed by atoms with van der Waals surface area (Å²) in [5.74, 6) is 0.987. The van der Waals surface area contributed by atoms with E-state index >= 15 is 0 Å². The summed E-state index contributed by atoms with van der Waals surface area (Å²) < 4.78 is 13.9. The van der Waals surface area contributed by atoms with Crippen LogP contribution in [0.4, 0.5) is 0 Å². The second-order valence-electron chi connectivity index (χ2n) is 7.68. The molecule has 0 spiro atoms. The molecule has 0 radical (unpaired) electrons. The zero-order chi connectivity index (χ0) is 19.1. The molecule has 0 N–H and O–H groups in total. The number of likely N-dealkylation sites (tertiary alicyclic amines) is 1. The third kappa shape index (κ3) is 5.05. The molecule has 0 unspecified atom stereocenters. The van der Waals surface area contributed by atoms with E-state index in [0.717, 1.165) is 31.7 Å². The van der Waals surface area contributed by atoms with E-state index in [2.05, 4.69) is 47.7 Å². The minimum atomic E-state index is 0.493. The van der Waals surface area contributed by atoms with Crippen molar-refractivity contribution in [3.63, 3.8) is 0 Å². The van der Waals surface area contributed by atoms with Crippen LogP contribution in [0.3, 0.4) is 0 Å². The molecule has 2 heterocycles. The van der Waals surface area contributed by atoms with Crippen molar-refractivity contribution in [1.82, 2.24) is 9.47 Å². The molecule has 0 aliphatic carbocycles. The molecule has 1 aliphatic rings. The number of fused-ring (bicyclic) bond motifs is 1. The number of ether oxygens (including phenoxy) is 2. The van der Waals surface area contributed by atoms with E-state index in [1.807, 2.05) is 0 Å². The first-order valence-corrected chi connectivity index (χ1v) is 10.8. The molecule has 2 aromatic rings. The molecular formula is C23H36N2O2. The average molecular weight is 373 g/mol. The fourth-order valence-electron chi connectivity index (χ4n) is 4.22. The van der Waals surface area contributed by atoms with Crippen LogP contribution in [0, 0.1) is 0 Å². The maximum atomic E-state index is 5.90. The predicted octanol–water partition coefficient (Wildman–Crippen LogP) is 4.88. The maximum Gasteiger partial charge on any atom is 0.143 e. The molecule has 1 aromatic carbocycles. The first-order valence-electron chi connectivity index (χ1n) is 10.8. The number of unbranched alkanes of at least 4 members (excludes halogenated alkanes) is 1. The smallest absolute Gasteiger partial charge is 0.143 e. The van der Waals surface area contributed by atoms with Crippen molar-refractivity contribution < 1.29 is 9.47 Å². The fourth-order valence-corrected chi connectivity index (χ4v) is 4.22. The predicted molar refractivity (Wildman–Crippen MR) is 113 cm³/mol. The number of hydrogen-bond acceptors (Lipinski definition) is 3. The Morgan fingerprint density at radius 2 is 1.85 bits per heavy atom. The highest BCUT2D eigenvalue weighted by Gasteiger charge is 2.19. The van der Waals surface area contributed by atoms with E-state index < -0.39 is 0 Å². The summed E-state index contributed by atoms with van der Waals surface area (Å²) in [4.78, 5) is 2.61. The van der Waals surface area contributed by atoms with Crippen LogP contribution < -0.4 is 4.74 Å². The Morgan fingerprint density at radius 3 is 2.56 bits per heavy atom. The van der Waals surface area contributed by atoms with E-state index in [4.69, 9.17) is 9.47 Å². The molecule has 27 heavy (non-hydrogen) atoms. The van der Waals surface area contributed by atoms with Crippen LogP contribution in [-0.2, 0) is 17.7 Å². The van der Waals surface area contributed by atoms with Crippen LogP contribution in [0.2, 0.25) is 0 Å². The number of aryl methyl sites for hydroxylation is 2. The van der Waals surface area contributed by atoms with Crippen molar-refractivity contribution in [3.8, 4) is 5.75 Å². The van der Waals surface area contributed by atoms with Gasteiger partial charge >= 0.3 is 0 Å². The van der Waals surface area contributed by atoms with Gasteiger partial charge in [0.25, 0.3) is 0 Å². The van der Waals surface area contributed by atoms with Crippen molar-refractivity contribution in [2.75, 3.05) is 33.4 Å². The van der Waals surface area contributed by atoms with Gasteiger partial charge in [-0.25, -0.2) is 0 Å². The van der Waals surface area contributed by atoms with Gasteiger partial charge in [0.1, 0.15) is 5.75 Å². The van der Waals surface area contributed by atoms with Crippen molar-refractivity contribution >= 4 is 10.9 Å². The zero-order valence-corrected chi connectivity index (χ0v) is 17.4. The van der Waals surface area contributed by atoms with Gasteiger partial charge in [0.2, 0.25) is 0 Å². The molecule has 0 amide bonds. The first kappa shape index (κ1) is 20.2. The van der Waals surface area contributed by atoms with E-state index in [9.17, 15) is 0 Å². The van der Waals surface area contributed by atoms with Gasteiger partial charge in [-0.05, 0) is 56.7 Å². The lowest BCUT2D eigenvalue weighted by molar-refractivity contribution is 0.00763. The molecule has 150 valence electrons. The Balaban J connectivity index is 1.49. The van der Waals surface area contributed by atoms with Crippen molar-refractivity contribution in [2.24, 2.45) is 0 Å². The summed E-state index contributed by atoms with van der Waals surface area (Å²) in [6.07, 6.45) is 9.84. The Hall–Kier alpha value is -1.52. The van der Waals surface area contributed by atoms with Crippen molar-refractivity contribution in [3.05, 3.63) is 30.0 Å². The number of rotatable bonds is 10. The third-order valence-corrected chi connectivity index (χ3v) is 5.76. The molecule has 4 nitrogen and oxygen atoms in total. The lowest BCUT2D eigenvalue weighted by Gasteiger charge is -2.31. The van der Waals surface area contributed by atoms with Crippen LogP contribution in [0.25, 0.3) is 10.9 Å². The summed E-state index contributed by atoms with van der Waals surface area (Å²) in [5.41, 5.74) is 2.67. The molecule has 0 bridgehead atoms. The summed E-state index contributed by atoms with van der Waals surface area (Å²) in [6.45, 7) is 9.97. The maximum absolute atomic E-state index is 5.90. The fraction of sp³-hybridized carbons (Fsp3) is 0.652. The van der Waals surface area contributed by atoms with Gasteiger partial charge in [-0.2, -0.15) is 0 Å². The van der Waals surface area contributed by atoms with Crippen LogP contribution in [0.5, 0.6) is 5.75 Å². The normalized spacial score (nSPS) is 16.3. The van der Waals surface area contributed by atoms with E-state index in [1.165, 1.54) is 61.8 Å².